The molecular formula is C22H34FN2O2+. The van der Waals surface area contributed by atoms with Gasteiger partial charge in [0.05, 0.1) is 12.5 Å². The summed E-state index contributed by atoms with van der Waals surface area (Å²) < 4.78 is 19.6. The molecule has 1 saturated carbocycles. The molecule has 1 heterocycles. The van der Waals surface area contributed by atoms with Gasteiger partial charge in [0.25, 0.3) is 0 Å². The molecule has 2 fully saturated rings. The maximum atomic E-state index is 14.2. The molecule has 3 rings (SSSR count). The van der Waals surface area contributed by atoms with Crippen LogP contribution in [0.25, 0.3) is 0 Å². The topological polar surface area (TPSA) is 57.2 Å². The number of ether oxygens (including phenoxy) is 1. The Labute approximate surface area is 162 Å². The fraction of sp³-hybridized carbons (Fsp3) is 0.682. The van der Waals surface area contributed by atoms with Crippen LogP contribution in [0.3, 0.4) is 0 Å². The first-order valence-electron chi connectivity index (χ1n) is 10.5. The summed E-state index contributed by atoms with van der Waals surface area (Å²) in [7, 11) is 0. The Morgan fingerprint density at radius 1 is 1.19 bits per heavy atom. The zero-order chi connectivity index (χ0) is 19.4. The third-order valence-corrected chi connectivity index (χ3v) is 6.14. The average Bonchev–Trinajstić information content (AvgIpc) is 2.66. The van der Waals surface area contributed by atoms with Gasteiger partial charge in [0.2, 0.25) is 0 Å². The SMILES string of the molecule is CC(C)COC(=O)C1CCC(N2CCC(c3ccc([NH3+])cc3F)CC2)CC1. The highest BCUT2D eigenvalue weighted by Crippen LogP contribution is 2.35. The van der Waals surface area contributed by atoms with E-state index in [0.717, 1.165) is 62.9 Å². The van der Waals surface area contributed by atoms with Crippen LogP contribution in [-0.2, 0) is 9.53 Å². The molecule has 0 aromatic heterocycles. The molecule has 5 heteroatoms. The molecule has 0 bridgehead atoms. The van der Waals surface area contributed by atoms with E-state index in [1.54, 1.807) is 6.07 Å². The van der Waals surface area contributed by atoms with Crippen molar-refractivity contribution in [3.8, 4) is 0 Å². The lowest BCUT2D eigenvalue weighted by molar-refractivity contribution is -0.255. The lowest BCUT2D eigenvalue weighted by Gasteiger charge is -2.40. The van der Waals surface area contributed by atoms with Crippen molar-refractivity contribution < 1.29 is 19.7 Å². The molecule has 27 heavy (non-hydrogen) atoms. The van der Waals surface area contributed by atoms with Gasteiger partial charge >= 0.3 is 5.97 Å². The van der Waals surface area contributed by atoms with Gasteiger partial charge in [-0.2, -0.15) is 0 Å². The van der Waals surface area contributed by atoms with E-state index in [4.69, 9.17) is 4.74 Å². The predicted octanol–water partition coefficient (Wildman–Crippen LogP) is 3.64. The van der Waals surface area contributed by atoms with Gasteiger partial charge in [0, 0.05) is 12.1 Å². The molecule has 2 aliphatic rings. The maximum absolute atomic E-state index is 14.2. The minimum atomic E-state index is -0.110. The second-order valence-corrected chi connectivity index (χ2v) is 8.70. The van der Waals surface area contributed by atoms with Gasteiger partial charge in [-0.15, -0.1) is 0 Å². The van der Waals surface area contributed by atoms with E-state index >= 15 is 0 Å². The number of carbonyl (C=O) groups excluding carboxylic acids is 1. The third kappa shape index (κ3) is 5.29. The first-order chi connectivity index (χ1) is 12.9. The lowest BCUT2D eigenvalue weighted by atomic mass is 9.83. The van der Waals surface area contributed by atoms with Gasteiger partial charge in [-0.25, -0.2) is 4.39 Å². The Kier molecular flexibility index (Phi) is 6.88. The van der Waals surface area contributed by atoms with Crippen molar-refractivity contribution in [2.24, 2.45) is 11.8 Å². The highest BCUT2D eigenvalue weighted by atomic mass is 19.1. The van der Waals surface area contributed by atoms with Gasteiger partial charge < -0.3 is 15.4 Å². The quantitative estimate of drug-likeness (QED) is 0.797. The van der Waals surface area contributed by atoms with Crippen molar-refractivity contribution in [1.82, 2.24) is 4.90 Å². The predicted molar refractivity (Wildman–Crippen MR) is 104 cm³/mol. The summed E-state index contributed by atoms with van der Waals surface area (Å²) in [5.74, 6) is 0.657. The van der Waals surface area contributed by atoms with Gasteiger partial charge in [-0.05, 0) is 81.1 Å². The van der Waals surface area contributed by atoms with Crippen LogP contribution in [0.2, 0.25) is 0 Å². The first kappa shape index (κ1) is 20.3. The molecule has 3 N–H and O–H groups in total. The number of piperidine rings is 1. The number of hydrogen-bond donors (Lipinski definition) is 1. The highest BCUT2D eigenvalue weighted by molar-refractivity contribution is 5.72. The number of esters is 1. The van der Waals surface area contributed by atoms with Crippen LogP contribution in [-0.4, -0.2) is 36.6 Å². The van der Waals surface area contributed by atoms with Crippen molar-refractivity contribution in [1.29, 1.82) is 0 Å². The number of halogens is 1. The van der Waals surface area contributed by atoms with Gasteiger partial charge in [-0.3, -0.25) is 4.79 Å². The fourth-order valence-corrected chi connectivity index (χ4v) is 4.52. The molecule has 1 aromatic rings. The molecule has 1 aliphatic heterocycles. The number of quaternary nitrogens is 1. The Balaban J connectivity index is 1.45. The summed E-state index contributed by atoms with van der Waals surface area (Å²) >= 11 is 0. The first-order valence-corrected chi connectivity index (χ1v) is 10.5. The molecule has 0 atom stereocenters. The molecule has 150 valence electrons. The summed E-state index contributed by atoms with van der Waals surface area (Å²) in [5.41, 5.74) is 5.38. The molecule has 0 radical (unpaired) electrons. The van der Waals surface area contributed by atoms with Gasteiger partial charge in [0.1, 0.15) is 11.5 Å². The summed E-state index contributed by atoms with van der Waals surface area (Å²) in [4.78, 5) is 14.7. The molecular weight excluding hydrogens is 343 g/mol. The largest absolute Gasteiger partial charge is 0.465 e. The average molecular weight is 378 g/mol. The van der Waals surface area contributed by atoms with E-state index in [2.05, 4.69) is 24.5 Å². The van der Waals surface area contributed by atoms with E-state index in [1.807, 2.05) is 12.1 Å². The van der Waals surface area contributed by atoms with Gasteiger partial charge in [-0.1, -0.05) is 13.8 Å². The van der Waals surface area contributed by atoms with Crippen LogP contribution in [0.5, 0.6) is 0 Å². The zero-order valence-corrected chi connectivity index (χ0v) is 16.8. The summed E-state index contributed by atoms with van der Waals surface area (Å²) in [6.07, 6.45) is 6.00. The van der Waals surface area contributed by atoms with Crippen LogP contribution in [0.4, 0.5) is 10.1 Å². The second-order valence-electron chi connectivity index (χ2n) is 8.70. The summed E-state index contributed by atoms with van der Waals surface area (Å²) in [6, 6.07) is 5.92. The highest BCUT2D eigenvalue weighted by Gasteiger charge is 2.32. The summed E-state index contributed by atoms with van der Waals surface area (Å²) in [5, 5.41) is 0. The number of hydrogen-bond acceptors (Lipinski definition) is 3. The molecule has 0 spiro atoms. The minimum absolute atomic E-state index is 0.00908. The standard InChI is InChI=1S/C22H33FN2O2/c1-15(2)14-27-22(26)17-3-6-19(7-4-17)25-11-9-16(10-12-25)20-8-5-18(24)13-21(20)23/h5,8,13,15-17,19H,3-4,6-7,9-12,14,24H2,1-2H3/p+1. The van der Waals surface area contributed by atoms with Gasteiger partial charge in [0.15, 0.2) is 0 Å². The Hall–Kier alpha value is -1.46. The van der Waals surface area contributed by atoms with E-state index in [-0.39, 0.29) is 17.7 Å². The third-order valence-electron chi connectivity index (χ3n) is 6.14. The van der Waals surface area contributed by atoms with Crippen LogP contribution < -0.4 is 5.73 Å². The van der Waals surface area contributed by atoms with Crippen molar-refractivity contribution >= 4 is 11.7 Å². The van der Waals surface area contributed by atoms with Crippen molar-refractivity contribution in [3.63, 3.8) is 0 Å². The second kappa shape index (κ2) is 9.16. The van der Waals surface area contributed by atoms with Crippen LogP contribution in [0.1, 0.15) is 63.9 Å². The van der Waals surface area contributed by atoms with Crippen LogP contribution in [0.15, 0.2) is 18.2 Å². The molecule has 1 saturated heterocycles. The Morgan fingerprint density at radius 2 is 1.85 bits per heavy atom. The smallest absolute Gasteiger partial charge is 0.308 e. The molecule has 4 nitrogen and oxygen atoms in total. The molecule has 0 amide bonds. The number of rotatable bonds is 5. The van der Waals surface area contributed by atoms with Crippen molar-refractivity contribution in [2.75, 3.05) is 19.7 Å². The summed E-state index contributed by atoms with van der Waals surface area (Å²) in [6.45, 7) is 6.69. The van der Waals surface area contributed by atoms with Crippen LogP contribution >= 0.6 is 0 Å². The number of likely N-dealkylation sites (tertiary alicyclic amines) is 1. The van der Waals surface area contributed by atoms with E-state index in [1.165, 1.54) is 0 Å². The maximum Gasteiger partial charge on any atom is 0.308 e. The Bertz CT molecular complexity index is 633. The van der Waals surface area contributed by atoms with E-state index < -0.39 is 0 Å². The van der Waals surface area contributed by atoms with Crippen LogP contribution in [0, 0.1) is 17.7 Å². The minimum Gasteiger partial charge on any atom is -0.465 e. The molecule has 1 aliphatic carbocycles. The lowest BCUT2D eigenvalue weighted by Crippen LogP contribution is -2.43. The van der Waals surface area contributed by atoms with E-state index in [0.29, 0.717) is 24.5 Å². The number of carbonyl (C=O) groups is 1. The number of benzene rings is 1. The normalized spacial score (nSPS) is 24.9. The van der Waals surface area contributed by atoms with E-state index in [9.17, 15) is 9.18 Å². The monoisotopic (exact) mass is 377 g/mol. The van der Waals surface area contributed by atoms with Crippen molar-refractivity contribution in [3.05, 3.63) is 29.6 Å². The zero-order valence-electron chi connectivity index (χ0n) is 16.8. The molecule has 0 unspecified atom stereocenters. The fourth-order valence-electron chi connectivity index (χ4n) is 4.52. The Morgan fingerprint density at radius 3 is 2.44 bits per heavy atom. The molecule has 1 aromatic carbocycles. The number of nitrogens with zero attached hydrogens (tertiary/aromatic N) is 1. The van der Waals surface area contributed by atoms with Crippen molar-refractivity contribution in [2.45, 2.75) is 64.3 Å².